The Bertz CT molecular complexity index is 1100. The molecule has 2 heterocycles. The second kappa shape index (κ2) is 8.98. The van der Waals surface area contributed by atoms with Crippen LogP contribution in [0.25, 0.3) is 6.08 Å². The Hall–Kier alpha value is -3.06. The van der Waals surface area contributed by atoms with Gasteiger partial charge in [-0.2, -0.15) is 0 Å². The minimum absolute atomic E-state index is 0.0374. The first-order chi connectivity index (χ1) is 14.6. The number of esters is 1. The van der Waals surface area contributed by atoms with E-state index in [1.165, 1.54) is 0 Å². The van der Waals surface area contributed by atoms with Crippen LogP contribution < -0.4 is 0 Å². The third-order valence-corrected chi connectivity index (χ3v) is 5.63. The van der Waals surface area contributed by atoms with Gasteiger partial charge in [-0.05, 0) is 55.2 Å². The summed E-state index contributed by atoms with van der Waals surface area (Å²) in [5, 5.41) is 10.7. The predicted octanol–water partition coefficient (Wildman–Crippen LogP) is 5.59. The molecule has 2 aromatic rings. The average Bonchev–Trinajstić information content (AvgIpc) is 3.24. The molecule has 162 valence electrons. The Labute approximate surface area is 185 Å². The lowest BCUT2D eigenvalue weighted by Crippen LogP contribution is -2.14. The van der Waals surface area contributed by atoms with Gasteiger partial charge in [-0.3, -0.25) is 4.79 Å². The van der Waals surface area contributed by atoms with Gasteiger partial charge in [0.25, 0.3) is 5.91 Å². The molecule has 3 rings (SSSR count). The van der Waals surface area contributed by atoms with Crippen molar-refractivity contribution < 1.29 is 23.8 Å². The number of hydrogen-bond donors (Lipinski definition) is 1. The van der Waals surface area contributed by atoms with E-state index in [0.717, 1.165) is 17.3 Å². The largest absolute Gasteiger partial charge is 0.506 e. The topological polar surface area (TPSA) is 89.1 Å². The van der Waals surface area contributed by atoms with E-state index >= 15 is 0 Å². The molecule has 7 heteroatoms. The molecular weight excluding hydrogens is 414 g/mol. The van der Waals surface area contributed by atoms with Crippen LogP contribution in [-0.2, 0) is 14.9 Å². The number of aryl methyl sites for hydroxylation is 1. The Kier molecular flexibility index (Phi) is 6.55. The summed E-state index contributed by atoms with van der Waals surface area (Å²) < 4.78 is 10.6. The number of amides is 1. The lowest BCUT2D eigenvalue weighted by atomic mass is 9.87. The van der Waals surface area contributed by atoms with Crippen LogP contribution >= 0.6 is 11.8 Å². The zero-order valence-electron chi connectivity index (χ0n) is 18.2. The van der Waals surface area contributed by atoms with Crippen molar-refractivity contribution in [1.29, 1.82) is 0 Å². The summed E-state index contributed by atoms with van der Waals surface area (Å²) >= 11 is 1.02. The van der Waals surface area contributed by atoms with Crippen molar-refractivity contribution in [2.75, 3.05) is 6.61 Å². The number of nitrogens with zero attached hydrogens (tertiary/aromatic N) is 1. The monoisotopic (exact) mass is 439 g/mol. The van der Waals surface area contributed by atoms with E-state index in [2.05, 4.69) is 25.8 Å². The van der Waals surface area contributed by atoms with E-state index in [-0.39, 0.29) is 28.4 Å². The van der Waals surface area contributed by atoms with Crippen molar-refractivity contribution in [3.05, 3.63) is 75.3 Å². The van der Waals surface area contributed by atoms with Gasteiger partial charge in [0.15, 0.2) is 0 Å². The molecule has 0 fully saturated rings. The molecule has 0 atom stereocenters. The van der Waals surface area contributed by atoms with Crippen molar-refractivity contribution in [3.63, 3.8) is 0 Å². The molecule has 0 unspecified atom stereocenters. The molecule has 1 aromatic carbocycles. The zero-order valence-corrected chi connectivity index (χ0v) is 19.0. The summed E-state index contributed by atoms with van der Waals surface area (Å²) in [6.07, 6.45) is 1.59. The summed E-state index contributed by atoms with van der Waals surface area (Å²) in [5.74, 6) is -0.298. The van der Waals surface area contributed by atoms with Gasteiger partial charge in [0, 0.05) is 5.56 Å². The SMILES string of the molecule is CCOC(=O)C1=C(O)/C(=C/c2ccc(C)o2)SC1=NC(=O)c1ccc(C(C)(C)C)cc1. The van der Waals surface area contributed by atoms with Gasteiger partial charge >= 0.3 is 5.97 Å². The summed E-state index contributed by atoms with van der Waals surface area (Å²) in [6.45, 7) is 9.87. The number of benzene rings is 1. The molecule has 0 bridgehead atoms. The highest BCUT2D eigenvalue weighted by Gasteiger charge is 2.34. The fourth-order valence-electron chi connectivity index (χ4n) is 2.92. The number of carbonyl (C=O) groups is 2. The minimum atomic E-state index is -0.735. The van der Waals surface area contributed by atoms with Crippen LogP contribution in [0, 0.1) is 6.92 Å². The maximum Gasteiger partial charge on any atom is 0.344 e. The molecule has 0 aliphatic carbocycles. The van der Waals surface area contributed by atoms with Gasteiger partial charge < -0.3 is 14.3 Å². The number of furan rings is 1. The highest BCUT2D eigenvalue weighted by molar-refractivity contribution is 8.18. The van der Waals surface area contributed by atoms with Crippen molar-refractivity contribution in [2.24, 2.45) is 4.99 Å². The maximum atomic E-state index is 12.8. The minimum Gasteiger partial charge on any atom is -0.506 e. The van der Waals surface area contributed by atoms with Crippen molar-refractivity contribution in [3.8, 4) is 0 Å². The molecule has 0 radical (unpaired) electrons. The molecule has 1 aliphatic heterocycles. The lowest BCUT2D eigenvalue weighted by molar-refractivity contribution is -0.138. The summed E-state index contributed by atoms with van der Waals surface area (Å²) in [6, 6.07) is 10.7. The smallest absolute Gasteiger partial charge is 0.344 e. The summed E-state index contributed by atoms with van der Waals surface area (Å²) in [4.78, 5) is 29.7. The fourth-order valence-corrected chi connectivity index (χ4v) is 3.91. The maximum absolute atomic E-state index is 12.8. The van der Waals surface area contributed by atoms with Crippen LogP contribution in [0.1, 0.15) is 55.1 Å². The van der Waals surface area contributed by atoms with Gasteiger partial charge in [0.05, 0.1) is 11.5 Å². The van der Waals surface area contributed by atoms with Gasteiger partial charge in [0.2, 0.25) is 0 Å². The van der Waals surface area contributed by atoms with E-state index in [9.17, 15) is 14.7 Å². The molecule has 0 spiro atoms. The van der Waals surface area contributed by atoms with Crippen molar-refractivity contribution in [1.82, 2.24) is 0 Å². The van der Waals surface area contributed by atoms with Gasteiger partial charge in [0.1, 0.15) is 27.9 Å². The van der Waals surface area contributed by atoms with E-state index in [1.54, 1.807) is 44.2 Å². The van der Waals surface area contributed by atoms with E-state index < -0.39 is 11.9 Å². The van der Waals surface area contributed by atoms with E-state index in [0.29, 0.717) is 22.0 Å². The average molecular weight is 440 g/mol. The Balaban J connectivity index is 1.96. The number of aliphatic hydroxyl groups is 1. The van der Waals surface area contributed by atoms with Gasteiger partial charge in [-0.1, -0.05) is 44.7 Å². The van der Waals surface area contributed by atoms with Crippen LogP contribution in [0.2, 0.25) is 0 Å². The van der Waals surface area contributed by atoms with Gasteiger partial charge in [-0.25, -0.2) is 9.79 Å². The normalized spacial score (nSPS) is 16.9. The second-order valence-corrected chi connectivity index (χ2v) is 9.08. The van der Waals surface area contributed by atoms with Gasteiger partial charge in [-0.15, -0.1) is 0 Å². The first kappa shape index (κ1) is 22.6. The molecule has 0 saturated heterocycles. The molecule has 1 aliphatic rings. The highest BCUT2D eigenvalue weighted by atomic mass is 32.2. The Morgan fingerprint density at radius 3 is 2.39 bits per heavy atom. The van der Waals surface area contributed by atoms with Crippen molar-refractivity contribution >= 4 is 34.8 Å². The summed E-state index contributed by atoms with van der Waals surface area (Å²) in [7, 11) is 0. The number of ether oxygens (including phenoxy) is 1. The molecule has 1 amide bonds. The fraction of sp³-hybridized carbons (Fsp3) is 0.292. The molecule has 1 aromatic heterocycles. The number of aliphatic imine (C=N–C) groups is 1. The van der Waals surface area contributed by atoms with Crippen LogP contribution in [0.5, 0.6) is 0 Å². The molecular formula is C24H25NO5S. The first-order valence-corrected chi connectivity index (χ1v) is 10.7. The number of thioether (sulfide) groups is 1. The quantitative estimate of drug-likeness (QED) is 0.625. The first-order valence-electron chi connectivity index (χ1n) is 9.90. The second-order valence-electron chi connectivity index (χ2n) is 8.05. The van der Waals surface area contributed by atoms with Crippen LogP contribution in [0.4, 0.5) is 0 Å². The van der Waals surface area contributed by atoms with Crippen molar-refractivity contribution in [2.45, 2.75) is 40.0 Å². The molecule has 0 saturated carbocycles. The van der Waals surface area contributed by atoms with E-state index in [1.807, 2.05) is 12.1 Å². The Morgan fingerprint density at radius 2 is 1.84 bits per heavy atom. The number of hydrogen-bond acceptors (Lipinski definition) is 6. The standard InChI is InChI=1S/C24H25NO5S/c1-6-29-23(28)19-20(26)18(13-17-12-7-14(2)30-17)31-22(19)25-21(27)15-8-10-16(11-9-15)24(3,4)5/h7-13,26H,6H2,1-5H3/b18-13-,25-22?. The predicted molar refractivity (Wildman–Crippen MR) is 122 cm³/mol. The Morgan fingerprint density at radius 1 is 1.16 bits per heavy atom. The van der Waals surface area contributed by atoms with E-state index in [4.69, 9.17) is 9.15 Å². The molecule has 31 heavy (non-hydrogen) atoms. The number of carbonyl (C=O) groups excluding carboxylic acids is 2. The number of aliphatic hydroxyl groups excluding tert-OH is 1. The van der Waals surface area contributed by atoms with Crippen LogP contribution in [0.3, 0.4) is 0 Å². The lowest BCUT2D eigenvalue weighted by Gasteiger charge is -2.18. The zero-order chi connectivity index (χ0) is 22.8. The third kappa shape index (κ3) is 5.17. The third-order valence-electron chi connectivity index (χ3n) is 4.61. The molecule has 1 N–H and O–H groups in total. The van der Waals surface area contributed by atoms with Crippen LogP contribution in [-0.4, -0.2) is 28.6 Å². The highest BCUT2D eigenvalue weighted by Crippen LogP contribution is 2.39. The molecule has 6 nitrogen and oxygen atoms in total. The number of rotatable bonds is 4. The summed E-state index contributed by atoms with van der Waals surface area (Å²) in [5.41, 5.74) is 1.32. The van der Waals surface area contributed by atoms with Crippen LogP contribution in [0.15, 0.2) is 62.0 Å².